The minimum atomic E-state index is -3.82. The van der Waals surface area contributed by atoms with E-state index < -0.39 is 10.0 Å². The van der Waals surface area contributed by atoms with Gasteiger partial charge in [0.2, 0.25) is 10.0 Å². The molecular formula is C18H12ClN7O2S. The second-order valence-electron chi connectivity index (χ2n) is 6.08. The second kappa shape index (κ2) is 6.82. The molecule has 0 spiro atoms. The summed E-state index contributed by atoms with van der Waals surface area (Å²) in [4.78, 5) is 4.53. The highest BCUT2D eigenvalue weighted by molar-refractivity contribution is 7.89. The zero-order valence-corrected chi connectivity index (χ0v) is 16.2. The molecule has 0 saturated carbocycles. The van der Waals surface area contributed by atoms with Gasteiger partial charge in [-0.1, -0.05) is 28.9 Å². The molecule has 11 heteroatoms. The molecular weight excluding hydrogens is 414 g/mol. The molecule has 29 heavy (non-hydrogen) atoms. The number of nitriles is 1. The van der Waals surface area contributed by atoms with Gasteiger partial charge in [0.05, 0.1) is 22.0 Å². The highest BCUT2D eigenvalue weighted by atomic mass is 35.5. The molecule has 0 unspecified atom stereocenters. The van der Waals surface area contributed by atoms with Gasteiger partial charge in [-0.2, -0.15) is 9.94 Å². The lowest BCUT2D eigenvalue weighted by Crippen LogP contribution is -2.12. The van der Waals surface area contributed by atoms with E-state index in [1.807, 2.05) is 0 Å². The molecule has 9 nitrogen and oxygen atoms in total. The molecule has 2 aromatic heterocycles. The van der Waals surface area contributed by atoms with E-state index in [9.17, 15) is 13.7 Å². The quantitative estimate of drug-likeness (QED) is 0.510. The highest BCUT2D eigenvalue weighted by Crippen LogP contribution is 2.31. The van der Waals surface area contributed by atoms with Crippen LogP contribution < -0.4 is 10.9 Å². The van der Waals surface area contributed by atoms with Crippen molar-refractivity contribution in [3.63, 3.8) is 0 Å². The number of hydrogen-bond donors (Lipinski definition) is 2. The lowest BCUT2D eigenvalue weighted by molar-refractivity contribution is 0.598. The van der Waals surface area contributed by atoms with Crippen molar-refractivity contribution < 1.29 is 8.42 Å². The van der Waals surface area contributed by atoms with Crippen LogP contribution in [0.1, 0.15) is 5.56 Å². The summed E-state index contributed by atoms with van der Waals surface area (Å²) in [6.45, 7) is 0. The van der Waals surface area contributed by atoms with E-state index in [1.54, 1.807) is 24.3 Å². The number of rotatable bonds is 3. The molecule has 4 N–H and O–H groups in total. The fourth-order valence-corrected chi connectivity index (χ4v) is 3.48. The van der Waals surface area contributed by atoms with E-state index in [2.05, 4.69) is 21.4 Å². The highest BCUT2D eigenvalue weighted by Gasteiger charge is 2.20. The van der Waals surface area contributed by atoms with Crippen LogP contribution >= 0.6 is 11.6 Å². The topological polar surface area (TPSA) is 154 Å². The van der Waals surface area contributed by atoms with Gasteiger partial charge in [0, 0.05) is 10.6 Å². The third-order valence-electron chi connectivity index (χ3n) is 4.26. The fraction of sp³-hybridized carbons (Fsp3) is 0. The van der Waals surface area contributed by atoms with Crippen molar-refractivity contribution in [2.45, 2.75) is 4.90 Å². The zero-order valence-electron chi connectivity index (χ0n) is 14.6. The van der Waals surface area contributed by atoms with Gasteiger partial charge in [-0.25, -0.2) is 18.5 Å². The Morgan fingerprint density at radius 2 is 1.72 bits per heavy atom. The van der Waals surface area contributed by atoms with E-state index in [-0.39, 0.29) is 21.7 Å². The summed E-state index contributed by atoms with van der Waals surface area (Å²) in [7, 11) is -3.82. The minimum absolute atomic E-state index is 0.0354. The maximum atomic E-state index is 11.5. The van der Waals surface area contributed by atoms with Crippen molar-refractivity contribution >= 4 is 38.5 Å². The van der Waals surface area contributed by atoms with Crippen LogP contribution in [0.5, 0.6) is 0 Å². The summed E-state index contributed by atoms with van der Waals surface area (Å²) in [5.41, 5.74) is 8.58. The normalized spacial score (nSPS) is 11.5. The molecule has 0 amide bonds. The van der Waals surface area contributed by atoms with Crippen molar-refractivity contribution in [3.8, 4) is 23.0 Å². The Morgan fingerprint density at radius 1 is 1.07 bits per heavy atom. The number of aromatic nitrogens is 4. The van der Waals surface area contributed by atoms with Crippen LogP contribution in [-0.4, -0.2) is 28.4 Å². The standard InChI is InChI=1S/C18H12ClN7O2S/c19-11-3-1-10(2-4-11)16-14(9-20)15(21)17-18(23-16)26(25-24-17)12-5-7-13(8-6-12)29(22,27)28/h1-8H,(H2,21,23)(H2,22,27,28). The Morgan fingerprint density at radius 3 is 2.31 bits per heavy atom. The lowest BCUT2D eigenvalue weighted by atomic mass is 10.0. The first-order valence-corrected chi connectivity index (χ1v) is 10.1. The second-order valence-corrected chi connectivity index (χ2v) is 8.08. The van der Waals surface area contributed by atoms with Crippen molar-refractivity contribution in [3.05, 3.63) is 59.1 Å². The average Bonchev–Trinajstić information content (AvgIpc) is 3.12. The molecule has 2 aromatic carbocycles. The van der Waals surface area contributed by atoms with Crippen LogP contribution in [-0.2, 0) is 10.0 Å². The number of hydrogen-bond acceptors (Lipinski definition) is 7. The lowest BCUT2D eigenvalue weighted by Gasteiger charge is -2.08. The van der Waals surface area contributed by atoms with Gasteiger partial charge in [0.1, 0.15) is 11.6 Å². The van der Waals surface area contributed by atoms with Crippen LogP contribution in [0.3, 0.4) is 0 Å². The van der Waals surface area contributed by atoms with Crippen molar-refractivity contribution in [2.24, 2.45) is 5.14 Å². The van der Waals surface area contributed by atoms with Crippen molar-refractivity contribution in [1.29, 1.82) is 5.26 Å². The van der Waals surface area contributed by atoms with Crippen LogP contribution in [0, 0.1) is 11.3 Å². The number of anilines is 1. The summed E-state index contributed by atoms with van der Waals surface area (Å²) >= 11 is 5.95. The SMILES string of the molecule is N#Cc1c(-c2ccc(Cl)cc2)nc2c(nnn2-c2ccc(S(N)(=O)=O)cc2)c1N. The predicted octanol–water partition coefficient (Wildman–Crippen LogP) is 2.24. The Hall–Kier alpha value is -3.52. The number of nitrogen functional groups attached to an aromatic ring is 1. The van der Waals surface area contributed by atoms with Gasteiger partial charge >= 0.3 is 0 Å². The average molecular weight is 426 g/mol. The van der Waals surface area contributed by atoms with E-state index in [0.717, 1.165) is 0 Å². The van der Waals surface area contributed by atoms with Gasteiger partial charge < -0.3 is 5.73 Å². The molecule has 4 aromatic rings. The molecule has 0 aliphatic heterocycles. The van der Waals surface area contributed by atoms with Gasteiger partial charge in [-0.3, -0.25) is 0 Å². The van der Waals surface area contributed by atoms with E-state index in [0.29, 0.717) is 27.6 Å². The van der Waals surface area contributed by atoms with E-state index in [4.69, 9.17) is 22.5 Å². The largest absolute Gasteiger partial charge is 0.396 e. The van der Waals surface area contributed by atoms with Gasteiger partial charge in [-0.05, 0) is 36.4 Å². The molecule has 2 heterocycles. The third kappa shape index (κ3) is 3.27. The number of fused-ring (bicyclic) bond motifs is 1. The number of sulfonamides is 1. The third-order valence-corrected chi connectivity index (χ3v) is 5.45. The number of halogens is 1. The first kappa shape index (κ1) is 18.8. The summed E-state index contributed by atoms with van der Waals surface area (Å²) in [6.07, 6.45) is 0. The molecule has 0 radical (unpaired) electrons. The van der Waals surface area contributed by atoms with Crippen molar-refractivity contribution in [1.82, 2.24) is 20.0 Å². The number of primary sulfonamides is 1. The summed E-state index contributed by atoms with van der Waals surface area (Å²) in [6, 6.07) is 14.6. The van der Waals surface area contributed by atoms with E-state index >= 15 is 0 Å². The molecule has 0 aliphatic carbocycles. The molecule has 0 fully saturated rings. The fourth-order valence-electron chi connectivity index (χ4n) is 2.84. The summed E-state index contributed by atoms with van der Waals surface area (Å²) in [5.74, 6) is 0. The maximum absolute atomic E-state index is 11.5. The van der Waals surface area contributed by atoms with E-state index in [1.165, 1.54) is 28.9 Å². The van der Waals surface area contributed by atoms with Gasteiger partial charge in [-0.15, -0.1) is 5.10 Å². The number of nitrogens with two attached hydrogens (primary N) is 2. The summed E-state index contributed by atoms with van der Waals surface area (Å²) in [5, 5.41) is 23.4. The van der Waals surface area contributed by atoms with Crippen LogP contribution in [0.4, 0.5) is 5.69 Å². The number of benzene rings is 2. The minimum Gasteiger partial charge on any atom is -0.396 e. The molecule has 0 atom stereocenters. The summed E-state index contributed by atoms with van der Waals surface area (Å²) < 4.78 is 24.3. The smallest absolute Gasteiger partial charge is 0.238 e. The number of nitrogens with zero attached hydrogens (tertiary/aromatic N) is 5. The Kier molecular flexibility index (Phi) is 4.43. The predicted molar refractivity (Wildman–Crippen MR) is 108 cm³/mol. The molecule has 0 bridgehead atoms. The van der Waals surface area contributed by atoms with Crippen LogP contribution in [0.15, 0.2) is 53.4 Å². The Balaban J connectivity index is 1.94. The maximum Gasteiger partial charge on any atom is 0.238 e. The molecule has 144 valence electrons. The van der Waals surface area contributed by atoms with Crippen molar-refractivity contribution in [2.75, 3.05) is 5.73 Å². The molecule has 4 rings (SSSR count). The zero-order chi connectivity index (χ0) is 20.8. The van der Waals surface area contributed by atoms with Crippen LogP contribution in [0.2, 0.25) is 5.02 Å². The van der Waals surface area contributed by atoms with Crippen LogP contribution in [0.25, 0.3) is 28.1 Å². The monoisotopic (exact) mass is 425 g/mol. The first-order chi connectivity index (χ1) is 13.8. The molecule has 0 aliphatic rings. The van der Waals surface area contributed by atoms with Gasteiger partial charge in [0.25, 0.3) is 0 Å². The van der Waals surface area contributed by atoms with Gasteiger partial charge in [0.15, 0.2) is 11.2 Å². The first-order valence-electron chi connectivity index (χ1n) is 8.14. The number of pyridine rings is 1. The Bertz CT molecular complexity index is 1390. The Labute approximate surface area is 170 Å². The molecule has 0 saturated heterocycles.